The van der Waals surface area contributed by atoms with Gasteiger partial charge in [-0.1, -0.05) is 36.2 Å². The Bertz CT molecular complexity index is 354. The van der Waals surface area contributed by atoms with Gasteiger partial charge in [0.1, 0.15) is 5.75 Å². The summed E-state index contributed by atoms with van der Waals surface area (Å²) in [6.45, 7) is 7.09. The van der Waals surface area contributed by atoms with Crippen LogP contribution in [0, 0.1) is 5.92 Å². The number of benzene rings is 1. The van der Waals surface area contributed by atoms with Crippen LogP contribution in [0.3, 0.4) is 0 Å². The third-order valence-corrected chi connectivity index (χ3v) is 3.52. The molecule has 0 aliphatic carbocycles. The van der Waals surface area contributed by atoms with Crippen LogP contribution < -0.4 is 10.5 Å². The number of nitrogens with two attached hydrogens (primary N) is 1. The van der Waals surface area contributed by atoms with Crippen molar-refractivity contribution < 1.29 is 4.74 Å². The normalized spacial score (nSPS) is 14.4. The van der Waals surface area contributed by atoms with Crippen LogP contribution in [0.25, 0.3) is 0 Å². The lowest BCUT2D eigenvalue weighted by molar-refractivity contribution is 0.331. The number of halogens is 1. The zero-order valence-corrected chi connectivity index (χ0v) is 12.5. The van der Waals surface area contributed by atoms with Gasteiger partial charge in [0.15, 0.2) is 0 Å². The van der Waals surface area contributed by atoms with E-state index in [1.165, 1.54) is 0 Å². The van der Waals surface area contributed by atoms with Crippen LogP contribution in [0.15, 0.2) is 22.7 Å². The molecule has 0 spiro atoms. The summed E-state index contributed by atoms with van der Waals surface area (Å²) in [5.41, 5.74) is 7.37. The average Bonchev–Trinajstić information content (AvgIpc) is 2.31. The lowest BCUT2D eigenvalue weighted by Gasteiger charge is -2.19. The highest BCUT2D eigenvalue weighted by Gasteiger charge is 2.15. The summed E-state index contributed by atoms with van der Waals surface area (Å²) in [7, 11) is 0. The maximum atomic E-state index is 6.27. The summed E-state index contributed by atoms with van der Waals surface area (Å²) in [5, 5.41) is 0. The molecule has 0 saturated carbocycles. The fraction of sp³-hybridized carbons (Fsp3) is 0.571. The highest BCUT2D eigenvalue weighted by molar-refractivity contribution is 9.10. The molecule has 0 heterocycles. The summed E-state index contributed by atoms with van der Waals surface area (Å²) in [5.74, 6) is 1.55. The minimum Gasteiger partial charge on any atom is -0.494 e. The maximum absolute atomic E-state index is 6.27. The number of hydrogen-bond acceptors (Lipinski definition) is 2. The lowest BCUT2D eigenvalue weighted by atomic mass is 9.94. The van der Waals surface area contributed by atoms with Crippen LogP contribution in [0.1, 0.15) is 45.2 Å². The van der Waals surface area contributed by atoms with Crippen molar-refractivity contribution in [2.75, 3.05) is 6.61 Å². The molecule has 0 aliphatic heterocycles. The Morgan fingerprint density at radius 1 is 1.35 bits per heavy atom. The minimum absolute atomic E-state index is 0.0454. The van der Waals surface area contributed by atoms with Crippen LogP contribution in [0.4, 0.5) is 0 Å². The van der Waals surface area contributed by atoms with Gasteiger partial charge in [0.25, 0.3) is 0 Å². The number of rotatable bonds is 6. The lowest BCUT2D eigenvalue weighted by Crippen LogP contribution is -2.15. The summed E-state index contributed by atoms with van der Waals surface area (Å²) < 4.78 is 6.68. The Morgan fingerprint density at radius 3 is 2.65 bits per heavy atom. The van der Waals surface area contributed by atoms with Crippen molar-refractivity contribution in [2.24, 2.45) is 11.7 Å². The summed E-state index contributed by atoms with van der Waals surface area (Å²) in [6.07, 6.45) is 2.15. The van der Waals surface area contributed by atoms with E-state index in [1.54, 1.807) is 0 Å². The zero-order valence-electron chi connectivity index (χ0n) is 10.9. The van der Waals surface area contributed by atoms with Gasteiger partial charge in [-0.05, 0) is 37.5 Å². The molecule has 2 atom stereocenters. The van der Waals surface area contributed by atoms with Crippen LogP contribution >= 0.6 is 15.9 Å². The average molecular weight is 300 g/mol. The molecule has 0 radical (unpaired) electrons. The molecule has 0 bridgehead atoms. The van der Waals surface area contributed by atoms with Crippen molar-refractivity contribution >= 4 is 15.9 Å². The van der Waals surface area contributed by atoms with Gasteiger partial charge in [-0.25, -0.2) is 0 Å². The molecule has 0 aromatic heterocycles. The van der Waals surface area contributed by atoms with E-state index in [1.807, 2.05) is 19.1 Å². The predicted octanol–water partition coefficient (Wildman–Crippen LogP) is 4.28. The van der Waals surface area contributed by atoms with Gasteiger partial charge in [-0.15, -0.1) is 0 Å². The molecule has 96 valence electrons. The Morgan fingerprint density at radius 2 is 2.06 bits per heavy atom. The molecule has 2 unspecified atom stereocenters. The highest BCUT2D eigenvalue weighted by atomic mass is 79.9. The monoisotopic (exact) mass is 299 g/mol. The molecule has 0 saturated heterocycles. The smallest absolute Gasteiger partial charge is 0.124 e. The second-order valence-electron chi connectivity index (χ2n) is 4.47. The molecule has 3 heteroatoms. The van der Waals surface area contributed by atoms with Crippen LogP contribution in [-0.4, -0.2) is 6.61 Å². The summed E-state index contributed by atoms with van der Waals surface area (Å²) in [6, 6.07) is 6.09. The van der Waals surface area contributed by atoms with Crippen LogP contribution in [0.5, 0.6) is 5.75 Å². The highest BCUT2D eigenvalue weighted by Crippen LogP contribution is 2.31. The molecule has 0 amide bonds. The number of ether oxygens (including phenoxy) is 1. The molecule has 17 heavy (non-hydrogen) atoms. The summed E-state index contributed by atoms with van der Waals surface area (Å²) in [4.78, 5) is 0. The third kappa shape index (κ3) is 4.32. The topological polar surface area (TPSA) is 35.2 Å². The quantitative estimate of drug-likeness (QED) is 0.851. The maximum Gasteiger partial charge on any atom is 0.124 e. The first kappa shape index (κ1) is 14.5. The van der Waals surface area contributed by atoms with Gasteiger partial charge < -0.3 is 10.5 Å². The second kappa shape index (κ2) is 7.02. The van der Waals surface area contributed by atoms with Crippen LogP contribution in [0.2, 0.25) is 0 Å². The van der Waals surface area contributed by atoms with E-state index < -0.39 is 0 Å². The van der Waals surface area contributed by atoms with Crippen molar-refractivity contribution in [1.29, 1.82) is 0 Å². The van der Waals surface area contributed by atoms with Crippen molar-refractivity contribution in [1.82, 2.24) is 0 Å². The van der Waals surface area contributed by atoms with Crippen molar-refractivity contribution in [3.05, 3.63) is 28.2 Å². The molecule has 1 aromatic carbocycles. The van der Waals surface area contributed by atoms with Crippen molar-refractivity contribution in [3.63, 3.8) is 0 Å². The molecular weight excluding hydrogens is 278 g/mol. The van der Waals surface area contributed by atoms with Gasteiger partial charge in [-0.3, -0.25) is 0 Å². The van der Waals surface area contributed by atoms with E-state index in [4.69, 9.17) is 10.5 Å². The predicted molar refractivity (Wildman–Crippen MR) is 76.3 cm³/mol. The van der Waals surface area contributed by atoms with Gasteiger partial charge >= 0.3 is 0 Å². The molecule has 2 nitrogen and oxygen atoms in total. The first-order valence-electron chi connectivity index (χ1n) is 6.26. The first-order valence-corrected chi connectivity index (χ1v) is 7.05. The Hall–Kier alpha value is -0.540. The van der Waals surface area contributed by atoms with E-state index in [9.17, 15) is 0 Å². The van der Waals surface area contributed by atoms with Crippen molar-refractivity contribution in [3.8, 4) is 5.75 Å². The van der Waals surface area contributed by atoms with E-state index in [0.717, 1.165) is 28.6 Å². The fourth-order valence-electron chi connectivity index (χ4n) is 1.82. The van der Waals surface area contributed by atoms with Gasteiger partial charge in [0.05, 0.1) is 6.61 Å². The Labute approximate surface area is 113 Å². The zero-order chi connectivity index (χ0) is 12.8. The van der Waals surface area contributed by atoms with E-state index in [-0.39, 0.29) is 6.04 Å². The third-order valence-electron chi connectivity index (χ3n) is 3.02. The Kier molecular flexibility index (Phi) is 6.00. The molecule has 2 N–H and O–H groups in total. The van der Waals surface area contributed by atoms with E-state index in [2.05, 4.69) is 35.8 Å². The fourth-order valence-corrected chi connectivity index (χ4v) is 2.20. The second-order valence-corrected chi connectivity index (χ2v) is 5.39. The molecular formula is C14H22BrNO. The first-order chi connectivity index (χ1) is 8.08. The van der Waals surface area contributed by atoms with E-state index >= 15 is 0 Å². The number of hydrogen-bond donors (Lipinski definition) is 1. The van der Waals surface area contributed by atoms with E-state index in [0.29, 0.717) is 12.5 Å². The minimum atomic E-state index is 0.0454. The van der Waals surface area contributed by atoms with Gasteiger partial charge in [0.2, 0.25) is 0 Å². The largest absolute Gasteiger partial charge is 0.494 e. The van der Waals surface area contributed by atoms with Crippen molar-refractivity contribution in [2.45, 2.75) is 39.7 Å². The molecule has 1 aromatic rings. The Balaban J connectivity index is 2.89. The summed E-state index contributed by atoms with van der Waals surface area (Å²) >= 11 is 3.49. The van der Waals surface area contributed by atoms with Gasteiger partial charge in [-0.2, -0.15) is 0 Å². The molecule has 0 aliphatic rings. The molecule has 0 fully saturated rings. The molecule has 1 rings (SSSR count). The standard InChI is InChI=1S/C14H22BrNO/c1-4-10(3)8-13(16)12-9-11(15)6-7-14(12)17-5-2/h6-7,9-10,13H,4-5,8,16H2,1-3H3. The van der Waals surface area contributed by atoms with Crippen LogP contribution in [-0.2, 0) is 0 Å². The SMILES string of the molecule is CCOc1ccc(Br)cc1C(N)CC(C)CC. The van der Waals surface area contributed by atoms with Gasteiger partial charge in [0, 0.05) is 16.1 Å².